The molecule has 1 rings (SSSR count). The van der Waals surface area contributed by atoms with Crippen LogP contribution in [0.1, 0.15) is 6.92 Å². The Kier molecular flexibility index (Phi) is 2.39. The van der Waals surface area contributed by atoms with E-state index in [2.05, 4.69) is 4.99 Å². The van der Waals surface area contributed by atoms with Gasteiger partial charge in [0.2, 0.25) is 9.84 Å². The summed E-state index contributed by atoms with van der Waals surface area (Å²) in [5.41, 5.74) is 0.648. The Balaban J connectivity index is 2.92. The zero-order valence-electron chi connectivity index (χ0n) is 6.36. The van der Waals surface area contributed by atoms with Crippen LogP contribution >= 0.6 is 11.8 Å². The average molecular weight is 191 g/mol. The third-order valence-electron chi connectivity index (χ3n) is 1.30. The summed E-state index contributed by atoms with van der Waals surface area (Å²) in [6.45, 7) is 1.51. The Labute approximate surface area is 70.5 Å². The maximum Gasteiger partial charge on any atom is 0.214 e. The minimum absolute atomic E-state index is 0.210. The minimum atomic E-state index is -3.12. The molecule has 0 atom stereocenters. The molecule has 1 aliphatic heterocycles. The van der Waals surface area contributed by atoms with Crippen LogP contribution in [0.2, 0.25) is 0 Å². The van der Waals surface area contributed by atoms with Gasteiger partial charge in [-0.05, 0) is 13.2 Å². The fourth-order valence-corrected chi connectivity index (χ4v) is 2.23. The summed E-state index contributed by atoms with van der Waals surface area (Å²) in [5, 5.41) is 1.44. The maximum absolute atomic E-state index is 11.0. The first-order chi connectivity index (χ1) is 5.06. The van der Waals surface area contributed by atoms with E-state index in [-0.39, 0.29) is 5.04 Å². The third-order valence-corrected chi connectivity index (χ3v) is 3.38. The van der Waals surface area contributed by atoms with Crippen LogP contribution in [0, 0.1) is 0 Å². The molecule has 0 saturated carbocycles. The maximum atomic E-state index is 11.0. The quantitative estimate of drug-likeness (QED) is 0.655. The van der Waals surface area contributed by atoms with E-state index in [1.54, 1.807) is 11.8 Å². The molecule has 0 aromatic carbocycles. The number of rotatable bonds is 2. The molecule has 0 unspecified atom stereocenters. The molecule has 1 heterocycles. The van der Waals surface area contributed by atoms with Crippen molar-refractivity contribution in [3.63, 3.8) is 0 Å². The highest BCUT2D eigenvalue weighted by Gasteiger charge is 2.19. The molecule has 0 bridgehead atoms. The zero-order chi connectivity index (χ0) is 8.48. The van der Waals surface area contributed by atoms with Crippen LogP contribution in [0.5, 0.6) is 0 Å². The van der Waals surface area contributed by atoms with Crippen molar-refractivity contribution in [3.05, 3.63) is 11.1 Å². The molecule has 0 aliphatic carbocycles. The Morgan fingerprint density at radius 2 is 2.27 bits per heavy atom. The van der Waals surface area contributed by atoms with Gasteiger partial charge in [-0.3, -0.25) is 0 Å². The lowest BCUT2D eigenvalue weighted by Gasteiger charge is -1.88. The van der Waals surface area contributed by atoms with Gasteiger partial charge in [-0.1, -0.05) is 0 Å². The lowest BCUT2D eigenvalue weighted by atomic mass is 10.6. The van der Waals surface area contributed by atoms with Gasteiger partial charge >= 0.3 is 0 Å². The third kappa shape index (κ3) is 1.84. The van der Waals surface area contributed by atoms with Gasteiger partial charge in [0.05, 0.1) is 11.1 Å². The van der Waals surface area contributed by atoms with Crippen molar-refractivity contribution in [2.24, 2.45) is 4.99 Å². The first-order valence-electron chi connectivity index (χ1n) is 3.06. The van der Waals surface area contributed by atoms with Crippen molar-refractivity contribution in [1.29, 1.82) is 0 Å². The number of nitrogens with zero attached hydrogens (tertiary/aromatic N) is 1. The standard InChI is InChI=1S/C6H9NO2S2/c1-5-7-6(3-10-2)4-11(5,8)9/h4H,3H2,1-2H3. The summed E-state index contributed by atoms with van der Waals surface area (Å²) in [7, 11) is -3.12. The molecule has 0 aromatic rings. The molecule has 3 nitrogen and oxygen atoms in total. The van der Waals surface area contributed by atoms with Crippen LogP contribution in [-0.4, -0.2) is 25.5 Å². The molecule has 5 heteroatoms. The molecule has 1 aliphatic rings. The lowest BCUT2D eigenvalue weighted by Crippen LogP contribution is -2.01. The summed E-state index contributed by atoms with van der Waals surface area (Å²) < 4.78 is 22.1. The van der Waals surface area contributed by atoms with Gasteiger partial charge in [0.15, 0.2) is 0 Å². The SMILES string of the molecule is CSCC1=CS(=O)(=O)C(C)=N1. The Morgan fingerprint density at radius 1 is 1.64 bits per heavy atom. The van der Waals surface area contributed by atoms with E-state index in [0.717, 1.165) is 0 Å². The van der Waals surface area contributed by atoms with Crippen LogP contribution in [-0.2, 0) is 9.84 Å². The topological polar surface area (TPSA) is 46.5 Å². The second kappa shape index (κ2) is 2.98. The van der Waals surface area contributed by atoms with Gasteiger partial charge in [0.1, 0.15) is 5.04 Å². The van der Waals surface area contributed by atoms with E-state index >= 15 is 0 Å². The predicted octanol–water partition coefficient (Wildman–Crippen LogP) is 1.04. The number of thioether (sulfide) groups is 1. The molecule has 11 heavy (non-hydrogen) atoms. The first kappa shape index (κ1) is 8.80. The summed E-state index contributed by atoms with van der Waals surface area (Å²) >= 11 is 1.56. The Hall–Kier alpha value is -0.290. The molecule has 0 amide bonds. The van der Waals surface area contributed by atoms with Crippen molar-refractivity contribution in [1.82, 2.24) is 0 Å². The number of hydrogen-bond donors (Lipinski definition) is 0. The molecular formula is C6H9NO2S2. The van der Waals surface area contributed by atoms with Gasteiger partial charge < -0.3 is 0 Å². The highest BCUT2D eigenvalue weighted by atomic mass is 32.2. The van der Waals surface area contributed by atoms with Gasteiger partial charge in [0.25, 0.3) is 0 Å². The predicted molar refractivity (Wildman–Crippen MR) is 48.5 cm³/mol. The first-order valence-corrected chi connectivity index (χ1v) is 6.00. The van der Waals surface area contributed by atoms with Crippen LogP contribution in [0.25, 0.3) is 0 Å². The van der Waals surface area contributed by atoms with Crippen LogP contribution in [0.4, 0.5) is 0 Å². The normalized spacial score (nSPS) is 21.3. The van der Waals surface area contributed by atoms with Crippen molar-refractivity contribution >= 4 is 26.6 Å². The molecular weight excluding hydrogens is 182 g/mol. The molecule has 62 valence electrons. The number of aliphatic imine (C=N–C) groups is 1. The second-order valence-corrected chi connectivity index (χ2v) is 5.00. The summed E-state index contributed by atoms with van der Waals surface area (Å²) in [5.74, 6) is 0.663. The van der Waals surface area contributed by atoms with Crippen molar-refractivity contribution < 1.29 is 8.42 Å². The molecule has 0 saturated heterocycles. The second-order valence-electron chi connectivity index (χ2n) is 2.22. The van der Waals surface area contributed by atoms with E-state index in [0.29, 0.717) is 11.4 Å². The lowest BCUT2D eigenvalue weighted by molar-refractivity contribution is 0.615. The number of hydrogen-bond acceptors (Lipinski definition) is 4. The van der Waals surface area contributed by atoms with Crippen molar-refractivity contribution in [2.75, 3.05) is 12.0 Å². The average Bonchev–Trinajstić information content (AvgIpc) is 2.08. The zero-order valence-corrected chi connectivity index (χ0v) is 8.00. The molecule has 0 spiro atoms. The minimum Gasteiger partial charge on any atom is -0.244 e. The Bertz CT molecular complexity index is 313. The molecule has 0 N–H and O–H groups in total. The fourth-order valence-electron chi connectivity index (χ4n) is 0.771. The largest absolute Gasteiger partial charge is 0.244 e. The smallest absolute Gasteiger partial charge is 0.214 e. The van der Waals surface area contributed by atoms with Crippen LogP contribution in [0.3, 0.4) is 0 Å². The summed E-state index contributed by atoms with van der Waals surface area (Å²) in [4.78, 5) is 3.90. The Morgan fingerprint density at radius 3 is 2.64 bits per heavy atom. The van der Waals surface area contributed by atoms with E-state index in [1.807, 2.05) is 6.26 Å². The van der Waals surface area contributed by atoms with Crippen molar-refractivity contribution in [2.45, 2.75) is 6.92 Å². The molecule has 0 fully saturated rings. The summed E-state index contributed by atoms with van der Waals surface area (Å²) in [6.07, 6.45) is 1.91. The molecule has 0 aromatic heterocycles. The van der Waals surface area contributed by atoms with Crippen LogP contribution < -0.4 is 0 Å². The van der Waals surface area contributed by atoms with E-state index in [9.17, 15) is 8.42 Å². The van der Waals surface area contributed by atoms with Gasteiger partial charge in [-0.2, -0.15) is 11.8 Å². The van der Waals surface area contributed by atoms with Crippen molar-refractivity contribution in [3.8, 4) is 0 Å². The summed E-state index contributed by atoms with van der Waals surface area (Å²) in [6, 6.07) is 0. The van der Waals surface area contributed by atoms with E-state index in [4.69, 9.17) is 0 Å². The highest BCUT2D eigenvalue weighted by molar-refractivity contribution is 8.09. The number of sulfone groups is 1. The molecule has 0 radical (unpaired) electrons. The fraction of sp³-hybridized carbons (Fsp3) is 0.500. The van der Waals surface area contributed by atoms with Gasteiger partial charge in [-0.15, -0.1) is 0 Å². The van der Waals surface area contributed by atoms with Gasteiger partial charge in [-0.25, -0.2) is 13.4 Å². The highest BCUT2D eigenvalue weighted by Crippen LogP contribution is 2.16. The monoisotopic (exact) mass is 191 g/mol. The van der Waals surface area contributed by atoms with Crippen LogP contribution in [0.15, 0.2) is 16.1 Å². The van der Waals surface area contributed by atoms with E-state index < -0.39 is 9.84 Å². The van der Waals surface area contributed by atoms with E-state index in [1.165, 1.54) is 12.3 Å². The van der Waals surface area contributed by atoms with Gasteiger partial charge in [0, 0.05) is 5.75 Å².